The van der Waals surface area contributed by atoms with Crippen LogP contribution in [-0.4, -0.2) is 37.7 Å². The highest BCUT2D eigenvalue weighted by Gasteiger charge is 2.06. The van der Waals surface area contributed by atoms with E-state index in [1.807, 2.05) is 0 Å². The summed E-state index contributed by atoms with van der Waals surface area (Å²) in [5, 5.41) is 0. The van der Waals surface area contributed by atoms with E-state index in [-0.39, 0.29) is 10.0 Å². The molecule has 58 valence electrons. The molecule has 0 aliphatic rings. The molecule has 0 atom stereocenters. The van der Waals surface area contributed by atoms with Gasteiger partial charge in [-0.15, -0.1) is 0 Å². The lowest BCUT2D eigenvalue weighted by molar-refractivity contribution is 0.218. The van der Waals surface area contributed by atoms with E-state index in [2.05, 4.69) is 19.4 Å². The number of rotatable bonds is 4. The van der Waals surface area contributed by atoms with E-state index in [0.29, 0.717) is 0 Å². The second-order valence-corrected chi connectivity index (χ2v) is 7.27. The smallest absolute Gasteiger partial charge is 0.0538 e. The van der Waals surface area contributed by atoms with Crippen molar-refractivity contribution in [2.24, 2.45) is 0 Å². The molecule has 9 heavy (non-hydrogen) atoms. The van der Waals surface area contributed by atoms with Crippen LogP contribution in [0.3, 0.4) is 0 Å². The quantitative estimate of drug-likeness (QED) is 0.593. The summed E-state index contributed by atoms with van der Waals surface area (Å²) in [6.45, 7) is 3.18. The van der Waals surface area contributed by atoms with Crippen LogP contribution in [0.5, 0.6) is 0 Å². The second-order valence-electron chi connectivity index (χ2n) is 2.75. The average Bonchev–Trinajstić information content (AvgIpc) is 1.84. The van der Waals surface area contributed by atoms with Gasteiger partial charge < -0.3 is 4.74 Å². The standard InChI is InChI=1S/C7H18OS/c1-5-9(3,4)7-6-8-2/h5-7H2,1-4H3. The molecule has 0 radical (unpaired) electrons. The van der Waals surface area contributed by atoms with Gasteiger partial charge in [0.15, 0.2) is 0 Å². The molecule has 0 aromatic carbocycles. The van der Waals surface area contributed by atoms with E-state index < -0.39 is 0 Å². The second kappa shape index (κ2) is 4.18. The molecule has 0 rings (SSSR count). The Bertz CT molecular complexity index is 71.3. The lowest BCUT2D eigenvalue weighted by Crippen LogP contribution is -2.08. The van der Waals surface area contributed by atoms with Crippen LogP contribution in [0.4, 0.5) is 0 Å². The van der Waals surface area contributed by atoms with Crippen molar-refractivity contribution in [3.05, 3.63) is 0 Å². The molecule has 0 aromatic heterocycles. The van der Waals surface area contributed by atoms with Crippen LogP contribution in [0.2, 0.25) is 0 Å². The summed E-state index contributed by atoms with van der Waals surface area (Å²) < 4.78 is 5.00. The van der Waals surface area contributed by atoms with Crippen molar-refractivity contribution in [1.82, 2.24) is 0 Å². The fourth-order valence-corrected chi connectivity index (χ4v) is 1.36. The van der Waals surface area contributed by atoms with Gasteiger partial charge in [-0.25, -0.2) is 10.0 Å². The molecule has 0 amide bonds. The van der Waals surface area contributed by atoms with E-state index in [0.717, 1.165) is 6.61 Å². The molecule has 0 aliphatic carbocycles. The summed E-state index contributed by atoms with van der Waals surface area (Å²) in [7, 11) is 1.46. The summed E-state index contributed by atoms with van der Waals surface area (Å²) >= 11 is 0. The maximum atomic E-state index is 5.00. The van der Waals surface area contributed by atoms with Crippen molar-refractivity contribution in [3.63, 3.8) is 0 Å². The van der Waals surface area contributed by atoms with E-state index in [9.17, 15) is 0 Å². The van der Waals surface area contributed by atoms with Gasteiger partial charge in [-0.1, -0.05) is 6.92 Å². The number of hydrogen-bond acceptors (Lipinski definition) is 1. The number of ether oxygens (including phenoxy) is 1. The molecule has 0 unspecified atom stereocenters. The monoisotopic (exact) mass is 150 g/mol. The molecule has 0 heterocycles. The van der Waals surface area contributed by atoms with Gasteiger partial charge in [-0.2, -0.15) is 0 Å². The minimum Gasteiger partial charge on any atom is -0.384 e. The molecule has 0 fully saturated rings. The van der Waals surface area contributed by atoms with Gasteiger partial charge in [0.2, 0.25) is 0 Å². The molecule has 0 aliphatic heterocycles. The summed E-state index contributed by atoms with van der Waals surface area (Å²) in [6, 6.07) is 0. The molecule has 0 saturated carbocycles. The van der Waals surface area contributed by atoms with Crippen molar-refractivity contribution in [2.45, 2.75) is 6.92 Å². The largest absolute Gasteiger partial charge is 0.384 e. The van der Waals surface area contributed by atoms with Crippen LogP contribution in [0, 0.1) is 0 Å². The van der Waals surface area contributed by atoms with Gasteiger partial charge in [-0.3, -0.25) is 0 Å². The van der Waals surface area contributed by atoms with Gasteiger partial charge in [0, 0.05) is 12.9 Å². The normalized spacial score (nSPS) is 13.8. The highest BCUT2D eigenvalue weighted by Crippen LogP contribution is 2.37. The van der Waals surface area contributed by atoms with Crippen LogP contribution in [0.15, 0.2) is 0 Å². The Balaban J connectivity index is 3.33. The predicted octanol–water partition coefficient (Wildman–Crippen LogP) is 1.72. The number of methoxy groups -OCH3 is 1. The molecule has 0 spiro atoms. The fourth-order valence-electron chi connectivity index (χ4n) is 0.453. The Hall–Kier alpha value is 0.310. The topological polar surface area (TPSA) is 9.23 Å². The SMILES string of the molecule is CCS(C)(C)CCOC. The van der Waals surface area contributed by atoms with Gasteiger partial charge in [0.25, 0.3) is 0 Å². The van der Waals surface area contributed by atoms with E-state index in [4.69, 9.17) is 4.74 Å². The summed E-state index contributed by atoms with van der Waals surface area (Å²) in [6.07, 6.45) is 4.71. The van der Waals surface area contributed by atoms with Crippen molar-refractivity contribution in [3.8, 4) is 0 Å². The Morgan fingerprint density at radius 1 is 1.33 bits per heavy atom. The fraction of sp³-hybridized carbons (Fsp3) is 1.00. The maximum absolute atomic E-state index is 5.00. The zero-order valence-corrected chi connectivity index (χ0v) is 7.75. The Morgan fingerprint density at radius 2 is 1.89 bits per heavy atom. The van der Waals surface area contributed by atoms with Gasteiger partial charge in [0.05, 0.1) is 6.61 Å². The third-order valence-corrected chi connectivity index (χ3v) is 4.46. The van der Waals surface area contributed by atoms with Crippen molar-refractivity contribution in [1.29, 1.82) is 0 Å². The lowest BCUT2D eigenvalue weighted by atomic mass is 10.9. The van der Waals surface area contributed by atoms with E-state index >= 15 is 0 Å². The van der Waals surface area contributed by atoms with Crippen molar-refractivity contribution >= 4 is 10.0 Å². The minimum absolute atomic E-state index is 0.307. The van der Waals surface area contributed by atoms with Gasteiger partial charge >= 0.3 is 0 Å². The first-order chi connectivity index (χ1) is 4.12. The minimum atomic E-state index is -0.307. The molecule has 0 saturated heterocycles. The zero-order valence-electron chi connectivity index (χ0n) is 6.94. The summed E-state index contributed by atoms with van der Waals surface area (Å²) in [5.74, 6) is 2.57. The average molecular weight is 150 g/mol. The third kappa shape index (κ3) is 4.79. The maximum Gasteiger partial charge on any atom is 0.0538 e. The third-order valence-electron chi connectivity index (χ3n) is 1.62. The van der Waals surface area contributed by atoms with Crippen LogP contribution < -0.4 is 0 Å². The molecular weight excluding hydrogens is 132 g/mol. The van der Waals surface area contributed by atoms with E-state index in [1.165, 1.54) is 11.5 Å². The van der Waals surface area contributed by atoms with Crippen LogP contribution in [-0.2, 0) is 4.74 Å². The highest BCUT2D eigenvalue weighted by molar-refractivity contribution is 8.32. The molecule has 0 bridgehead atoms. The van der Waals surface area contributed by atoms with Gasteiger partial charge in [-0.05, 0) is 18.3 Å². The van der Waals surface area contributed by atoms with Crippen molar-refractivity contribution in [2.75, 3.05) is 37.7 Å². The summed E-state index contributed by atoms with van der Waals surface area (Å²) in [5.41, 5.74) is 0. The zero-order chi connectivity index (χ0) is 7.33. The van der Waals surface area contributed by atoms with Crippen LogP contribution >= 0.6 is 10.0 Å². The molecule has 1 nitrogen and oxygen atoms in total. The molecular formula is C7H18OS. The first-order valence-electron chi connectivity index (χ1n) is 3.30. The molecule has 2 heteroatoms. The van der Waals surface area contributed by atoms with E-state index in [1.54, 1.807) is 7.11 Å². The number of hydrogen-bond donors (Lipinski definition) is 0. The highest BCUT2D eigenvalue weighted by atomic mass is 32.3. The Labute approximate surface area is 60.1 Å². The summed E-state index contributed by atoms with van der Waals surface area (Å²) in [4.78, 5) is 0. The first-order valence-corrected chi connectivity index (χ1v) is 6.09. The van der Waals surface area contributed by atoms with Crippen LogP contribution in [0.25, 0.3) is 0 Å². The first kappa shape index (κ1) is 9.31. The molecule has 0 aromatic rings. The van der Waals surface area contributed by atoms with Crippen LogP contribution in [0.1, 0.15) is 6.92 Å². The van der Waals surface area contributed by atoms with Crippen molar-refractivity contribution < 1.29 is 4.74 Å². The Morgan fingerprint density at radius 3 is 2.22 bits per heavy atom. The van der Waals surface area contributed by atoms with Gasteiger partial charge in [0.1, 0.15) is 0 Å². The molecule has 0 N–H and O–H groups in total. The Kier molecular flexibility index (Phi) is 4.32. The predicted molar refractivity (Wildman–Crippen MR) is 46.7 cm³/mol. The lowest BCUT2D eigenvalue weighted by Gasteiger charge is -2.28.